The van der Waals surface area contributed by atoms with Crippen LogP contribution in [0.5, 0.6) is 0 Å². The van der Waals surface area contributed by atoms with Gasteiger partial charge >= 0.3 is 0 Å². The smallest absolute Gasteiger partial charge is 0.155 e. The van der Waals surface area contributed by atoms with E-state index in [-0.39, 0.29) is 0 Å². The molecule has 0 amide bonds. The van der Waals surface area contributed by atoms with Gasteiger partial charge in [-0.1, -0.05) is 23.8 Å². The zero-order chi connectivity index (χ0) is 19.5. The van der Waals surface area contributed by atoms with Gasteiger partial charge in [0, 0.05) is 67.2 Å². The van der Waals surface area contributed by atoms with Gasteiger partial charge in [-0.05, 0) is 25.8 Å². The molecule has 146 valence electrons. The average molecular weight is 384 g/mol. The van der Waals surface area contributed by atoms with E-state index in [1.165, 1.54) is 35.2 Å². The molecule has 6 nitrogen and oxygen atoms in total. The minimum Gasteiger partial charge on any atom is -0.289 e. The van der Waals surface area contributed by atoms with E-state index in [1.54, 1.807) is 0 Å². The maximum atomic E-state index is 4.97. The van der Waals surface area contributed by atoms with Crippen molar-refractivity contribution in [2.24, 2.45) is 7.05 Å². The van der Waals surface area contributed by atoms with Gasteiger partial charge in [-0.25, -0.2) is 9.50 Å². The molecule has 6 rings (SSSR count). The van der Waals surface area contributed by atoms with E-state index in [1.807, 2.05) is 17.9 Å². The molecule has 3 aromatic heterocycles. The highest BCUT2D eigenvalue weighted by Crippen LogP contribution is 2.44. The molecule has 2 aliphatic heterocycles. The molecular formula is C23H24N6. The summed E-state index contributed by atoms with van der Waals surface area (Å²) in [5, 5.41) is 9.31. The predicted molar refractivity (Wildman–Crippen MR) is 111 cm³/mol. The van der Waals surface area contributed by atoms with Crippen LogP contribution >= 0.6 is 0 Å². The highest BCUT2D eigenvalue weighted by atomic mass is 15.3. The van der Waals surface area contributed by atoms with Crippen molar-refractivity contribution in [3.63, 3.8) is 0 Å². The van der Waals surface area contributed by atoms with Crippen LogP contribution in [-0.2, 0) is 20.0 Å². The first-order chi connectivity index (χ1) is 14.2. The van der Waals surface area contributed by atoms with Crippen molar-refractivity contribution in [3.8, 4) is 11.3 Å². The van der Waals surface area contributed by atoms with Gasteiger partial charge in [-0.2, -0.15) is 10.2 Å². The number of hydrogen-bond acceptors (Lipinski definition) is 4. The van der Waals surface area contributed by atoms with Crippen LogP contribution in [0.1, 0.15) is 41.3 Å². The van der Waals surface area contributed by atoms with Crippen molar-refractivity contribution in [2.45, 2.75) is 44.8 Å². The number of aromatic nitrogens is 5. The van der Waals surface area contributed by atoms with Crippen LogP contribution < -0.4 is 0 Å². The Morgan fingerprint density at radius 2 is 2.07 bits per heavy atom. The molecule has 1 aromatic carbocycles. The summed E-state index contributed by atoms with van der Waals surface area (Å²) in [4.78, 5) is 7.42. The number of hydrogen-bond donors (Lipinski definition) is 0. The average Bonchev–Trinajstić information content (AvgIpc) is 3.39. The van der Waals surface area contributed by atoms with Crippen LogP contribution in [0.25, 0.3) is 16.9 Å². The lowest BCUT2D eigenvalue weighted by Gasteiger charge is -2.35. The summed E-state index contributed by atoms with van der Waals surface area (Å²) in [5.74, 6) is 0. The SMILES string of the molecule is Cc1cccc(-c2cc3ncc4c(n3n2)C[C@@H]2CC[C@H]4N2Cc2cnn(C)c2)c1. The predicted octanol–water partition coefficient (Wildman–Crippen LogP) is 3.70. The first-order valence-electron chi connectivity index (χ1n) is 10.3. The molecule has 2 atom stereocenters. The minimum absolute atomic E-state index is 0.424. The van der Waals surface area contributed by atoms with Crippen molar-refractivity contribution in [2.75, 3.05) is 0 Å². The Balaban J connectivity index is 1.40. The number of rotatable bonds is 3. The Morgan fingerprint density at radius 1 is 1.14 bits per heavy atom. The van der Waals surface area contributed by atoms with Crippen LogP contribution in [0.3, 0.4) is 0 Å². The lowest BCUT2D eigenvalue weighted by molar-refractivity contribution is 0.165. The highest BCUT2D eigenvalue weighted by molar-refractivity contribution is 5.65. The number of nitrogens with zero attached hydrogens (tertiary/aromatic N) is 6. The quantitative estimate of drug-likeness (QED) is 0.540. The Bertz CT molecular complexity index is 1220. The molecule has 0 spiro atoms. The Labute approximate surface area is 169 Å². The highest BCUT2D eigenvalue weighted by Gasteiger charge is 2.41. The van der Waals surface area contributed by atoms with Gasteiger partial charge in [0.25, 0.3) is 0 Å². The van der Waals surface area contributed by atoms with Gasteiger partial charge in [0.1, 0.15) is 0 Å². The number of aryl methyl sites for hydroxylation is 2. The molecule has 2 aliphatic rings. The summed E-state index contributed by atoms with van der Waals surface area (Å²) in [6.45, 7) is 3.07. The molecule has 4 aromatic rings. The van der Waals surface area contributed by atoms with Gasteiger partial charge in [0.2, 0.25) is 0 Å². The molecule has 0 radical (unpaired) electrons. The van der Waals surface area contributed by atoms with Crippen LogP contribution in [0, 0.1) is 6.92 Å². The van der Waals surface area contributed by atoms with Gasteiger partial charge in [-0.15, -0.1) is 0 Å². The van der Waals surface area contributed by atoms with Crippen LogP contribution in [-0.4, -0.2) is 35.3 Å². The Hall–Kier alpha value is -2.99. The first-order valence-corrected chi connectivity index (χ1v) is 10.3. The summed E-state index contributed by atoms with van der Waals surface area (Å²) in [6.07, 6.45) is 9.65. The van der Waals surface area contributed by atoms with Gasteiger partial charge in [0.05, 0.1) is 17.6 Å². The standard InChI is InChI=1S/C23H24N6/c1-15-4-3-5-17(8-15)20-10-23-24-12-19-21-7-6-18(9-22(19)29(23)26-20)28(21)14-16-11-25-27(2)13-16/h3-5,8,10-13,18,21H,6-7,9,14H2,1-2H3/t18-,21+/m0/s1. The molecule has 1 saturated heterocycles. The van der Waals surface area contributed by atoms with Crippen LogP contribution in [0.15, 0.2) is 48.9 Å². The molecule has 0 unspecified atom stereocenters. The van der Waals surface area contributed by atoms with E-state index in [0.29, 0.717) is 12.1 Å². The molecule has 2 bridgehead atoms. The monoisotopic (exact) mass is 384 g/mol. The molecular weight excluding hydrogens is 360 g/mol. The zero-order valence-electron chi connectivity index (χ0n) is 16.8. The third-order valence-electron chi connectivity index (χ3n) is 6.48. The summed E-state index contributed by atoms with van der Waals surface area (Å²) >= 11 is 0. The summed E-state index contributed by atoms with van der Waals surface area (Å²) in [7, 11) is 1.98. The van der Waals surface area contributed by atoms with E-state index in [2.05, 4.69) is 64.2 Å². The van der Waals surface area contributed by atoms with Gasteiger partial charge in [-0.3, -0.25) is 9.58 Å². The van der Waals surface area contributed by atoms with Crippen molar-refractivity contribution in [1.29, 1.82) is 0 Å². The van der Waals surface area contributed by atoms with Gasteiger partial charge in [0.15, 0.2) is 5.65 Å². The summed E-state index contributed by atoms with van der Waals surface area (Å²) < 4.78 is 3.98. The van der Waals surface area contributed by atoms with Crippen LogP contribution in [0.4, 0.5) is 0 Å². The number of benzene rings is 1. The second-order valence-electron chi connectivity index (χ2n) is 8.47. The lowest BCUT2D eigenvalue weighted by Crippen LogP contribution is -2.38. The third kappa shape index (κ3) is 2.70. The second-order valence-corrected chi connectivity index (χ2v) is 8.47. The minimum atomic E-state index is 0.424. The molecule has 5 heterocycles. The van der Waals surface area contributed by atoms with Gasteiger partial charge < -0.3 is 0 Å². The van der Waals surface area contributed by atoms with Crippen molar-refractivity contribution in [3.05, 3.63) is 71.3 Å². The Morgan fingerprint density at radius 3 is 2.90 bits per heavy atom. The van der Waals surface area contributed by atoms with E-state index in [0.717, 1.165) is 29.9 Å². The first kappa shape index (κ1) is 16.9. The molecule has 1 fully saturated rings. The van der Waals surface area contributed by atoms with E-state index < -0.39 is 0 Å². The fraction of sp³-hybridized carbons (Fsp3) is 0.348. The summed E-state index contributed by atoms with van der Waals surface area (Å²) in [5.41, 5.74) is 8.31. The van der Waals surface area contributed by atoms with E-state index in [4.69, 9.17) is 10.1 Å². The fourth-order valence-electron chi connectivity index (χ4n) is 5.14. The molecule has 29 heavy (non-hydrogen) atoms. The molecule has 0 saturated carbocycles. The molecule has 0 aliphatic carbocycles. The molecule has 0 N–H and O–H groups in total. The largest absolute Gasteiger partial charge is 0.289 e. The van der Waals surface area contributed by atoms with Crippen molar-refractivity contribution < 1.29 is 0 Å². The van der Waals surface area contributed by atoms with E-state index >= 15 is 0 Å². The fourth-order valence-corrected chi connectivity index (χ4v) is 5.14. The molecule has 6 heteroatoms. The lowest BCUT2D eigenvalue weighted by atomic mass is 9.98. The Kier molecular flexibility index (Phi) is 3.65. The summed E-state index contributed by atoms with van der Waals surface area (Å²) in [6, 6.07) is 11.6. The third-order valence-corrected chi connectivity index (χ3v) is 6.48. The topological polar surface area (TPSA) is 51.2 Å². The maximum Gasteiger partial charge on any atom is 0.155 e. The van der Waals surface area contributed by atoms with E-state index in [9.17, 15) is 0 Å². The van der Waals surface area contributed by atoms with Crippen molar-refractivity contribution >= 4 is 5.65 Å². The zero-order valence-corrected chi connectivity index (χ0v) is 16.8. The van der Waals surface area contributed by atoms with Crippen molar-refractivity contribution in [1.82, 2.24) is 29.3 Å². The number of fused-ring (bicyclic) bond motifs is 6. The van der Waals surface area contributed by atoms with Crippen LogP contribution in [0.2, 0.25) is 0 Å². The maximum absolute atomic E-state index is 4.97. The second kappa shape index (κ2) is 6.26. The normalized spacial score (nSPS) is 21.0.